The predicted octanol–water partition coefficient (Wildman–Crippen LogP) is 3.28. The number of benzene rings is 2. The van der Waals surface area contributed by atoms with E-state index < -0.39 is 0 Å². The number of guanidine groups is 1. The van der Waals surface area contributed by atoms with Gasteiger partial charge in [0, 0.05) is 37.8 Å². The van der Waals surface area contributed by atoms with E-state index >= 15 is 0 Å². The van der Waals surface area contributed by atoms with E-state index in [2.05, 4.69) is 40.4 Å². The standard InChI is InChI=1S/C23H34N4O2/c1-5-27(6-2)15-16-29-22-14-10-8-12-20(22)18-26-23(24-3)25-17-19-11-7-9-13-21(19)28-4/h7-14H,5-6,15-18H2,1-4H3,(H2,24,25,26). The Labute approximate surface area is 174 Å². The highest BCUT2D eigenvalue weighted by Crippen LogP contribution is 2.18. The lowest BCUT2D eigenvalue weighted by Crippen LogP contribution is -2.36. The zero-order valence-electron chi connectivity index (χ0n) is 18.1. The fourth-order valence-electron chi connectivity index (χ4n) is 3.04. The van der Waals surface area contributed by atoms with Gasteiger partial charge in [0.1, 0.15) is 18.1 Å². The van der Waals surface area contributed by atoms with Crippen molar-refractivity contribution in [3.05, 3.63) is 59.7 Å². The minimum Gasteiger partial charge on any atom is -0.496 e. The third kappa shape index (κ3) is 7.31. The zero-order chi connectivity index (χ0) is 20.9. The Morgan fingerprint density at radius 1 is 0.897 bits per heavy atom. The summed E-state index contributed by atoms with van der Waals surface area (Å²) in [6.07, 6.45) is 0. The number of ether oxygens (including phenoxy) is 2. The van der Waals surface area contributed by atoms with E-state index in [1.54, 1.807) is 14.2 Å². The van der Waals surface area contributed by atoms with Crippen molar-refractivity contribution in [3.63, 3.8) is 0 Å². The summed E-state index contributed by atoms with van der Waals surface area (Å²) in [5, 5.41) is 6.70. The number of nitrogens with zero attached hydrogens (tertiary/aromatic N) is 2. The molecule has 0 fully saturated rings. The Kier molecular flexibility index (Phi) is 9.86. The molecule has 6 nitrogen and oxygen atoms in total. The van der Waals surface area contributed by atoms with Crippen LogP contribution >= 0.6 is 0 Å². The summed E-state index contributed by atoms with van der Waals surface area (Å²) in [4.78, 5) is 6.67. The Morgan fingerprint density at radius 2 is 1.45 bits per heavy atom. The van der Waals surface area contributed by atoms with Gasteiger partial charge in [-0.3, -0.25) is 4.99 Å². The summed E-state index contributed by atoms with van der Waals surface area (Å²) >= 11 is 0. The van der Waals surface area contributed by atoms with Crippen LogP contribution in [0.2, 0.25) is 0 Å². The average Bonchev–Trinajstić information content (AvgIpc) is 2.77. The quantitative estimate of drug-likeness (QED) is 0.449. The Balaban J connectivity index is 1.89. The highest BCUT2D eigenvalue weighted by atomic mass is 16.5. The number of hydrogen-bond acceptors (Lipinski definition) is 4. The van der Waals surface area contributed by atoms with E-state index in [0.717, 1.165) is 48.2 Å². The van der Waals surface area contributed by atoms with Crippen molar-refractivity contribution in [2.75, 3.05) is 40.4 Å². The van der Waals surface area contributed by atoms with E-state index in [-0.39, 0.29) is 0 Å². The minimum absolute atomic E-state index is 0.631. The molecular weight excluding hydrogens is 364 g/mol. The molecule has 0 spiro atoms. The molecule has 0 saturated heterocycles. The highest BCUT2D eigenvalue weighted by molar-refractivity contribution is 5.79. The number of methoxy groups -OCH3 is 1. The van der Waals surface area contributed by atoms with Crippen LogP contribution in [-0.4, -0.2) is 51.3 Å². The molecule has 29 heavy (non-hydrogen) atoms. The maximum Gasteiger partial charge on any atom is 0.191 e. The normalized spacial score (nSPS) is 11.4. The zero-order valence-corrected chi connectivity index (χ0v) is 18.1. The van der Waals surface area contributed by atoms with Gasteiger partial charge < -0.3 is 25.0 Å². The summed E-state index contributed by atoms with van der Waals surface area (Å²) in [6, 6.07) is 16.1. The smallest absolute Gasteiger partial charge is 0.191 e. The second-order valence-electron chi connectivity index (χ2n) is 6.57. The van der Waals surface area contributed by atoms with Gasteiger partial charge in [-0.1, -0.05) is 50.2 Å². The average molecular weight is 399 g/mol. The summed E-state index contributed by atoms with van der Waals surface area (Å²) in [6.45, 7) is 9.29. The van der Waals surface area contributed by atoms with Crippen LogP contribution in [-0.2, 0) is 13.1 Å². The molecule has 2 aromatic carbocycles. The van der Waals surface area contributed by atoms with Gasteiger partial charge in [0.05, 0.1) is 7.11 Å². The second kappa shape index (κ2) is 12.7. The number of likely N-dealkylation sites (N-methyl/N-ethyl adjacent to an activating group) is 1. The molecule has 0 unspecified atom stereocenters. The highest BCUT2D eigenvalue weighted by Gasteiger charge is 2.07. The minimum atomic E-state index is 0.631. The molecule has 2 aromatic rings. The fourth-order valence-corrected chi connectivity index (χ4v) is 3.04. The summed E-state index contributed by atoms with van der Waals surface area (Å²) in [5.41, 5.74) is 2.19. The predicted molar refractivity (Wildman–Crippen MR) is 120 cm³/mol. The molecule has 0 aliphatic carbocycles. The van der Waals surface area contributed by atoms with Crippen molar-refractivity contribution in [3.8, 4) is 11.5 Å². The molecule has 0 atom stereocenters. The molecule has 2 N–H and O–H groups in total. The Hall–Kier alpha value is -2.73. The van der Waals surface area contributed by atoms with Gasteiger partial charge in [0.2, 0.25) is 0 Å². The second-order valence-corrected chi connectivity index (χ2v) is 6.57. The first kappa shape index (κ1) is 22.6. The Bertz CT molecular complexity index is 760. The van der Waals surface area contributed by atoms with E-state index in [4.69, 9.17) is 9.47 Å². The van der Waals surface area contributed by atoms with Gasteiger partial charge in [-0.15, -0.1) is 0 Å². The topological polar surface area (TPSA) is 58.1 Å². The van der Waals surface area contributed by atoms with Crippen LogP contribution in [0.5, 0.6) is 11.5 Å². The van der Waals surface area contributed by atoms with E-state index in [0.29, 0.717) is 19.7 Å². The molecule has 0 aliphatic heterocycles. The first-order chi connectivity index (χ1) is 14.2. The van der Waals surface area contributed by atoms with Gasteiger partial charge in [0.15, 0.2) is 5.96 Å². The van der Waals surface area contributed by atoms with Gasteiger partial charge in [-0.25, -0.2) is 0 Å². The van der Waals surface area contributed by atoms with Crippen molar-refractivity contribution in [1.29, 1.82) is 0 Å². The molecule has 158 valence electrons. The van der Waals surface area contributed by atoms with Crippen molar-refractivity contribution in [2.24, 2.45) is 4.99 Å². The number of nitrogens with one attached hydrogen (secondary N) is 2. The van der Waals surface area contributed by atoms with E-state index in [1.165, 1.54) is 0 Å². The first-order valence-electron chi connectivity index (χ1n) is 10.2. The van der Waals surface area contributed by atoms with E-state index in [1.807, 2.05) is 42.5 Å². The monoisotopic (exact) mass is 398 g/mol. The SMILES string of the molecule is CCN(CC)CCOc1ccccc1CNC(=NC)NCc1ccccc1OC. The maximum absolute atomic E-state index is 6.04. The van der Waals surface area contributed by atoms with Gasteiger partial charge >= 0.3 is 0 Å². The van der Waals surface area contributed by atoms with Gasteiger partial charge in [-0.2, -0.15) is 0 Å². The lowest BCUT2D eigenvalue weighted by atomic mass is 10.2. The molecule has 0 heterocycles. The van der Waals surface area contributed by atoms with Crippen LogP contribution in [0.4, 0.5) is 0 Å². The number of hydrogen-bond donors (Lipinski definition) is 2. The van der Waals surface area contributed by atoms with Crippen LogP contribution in [0.25, 0.3) is 0 Å². The third-order valence-electron chi connectivity index (χ3n) is 4.84. The summed E-state index contributed by atoms with van der Waals surface area (Å²) in [7, 11) is 3.45. The molecule has 0 saturated carbocycles. The molecule has 0 bridgehead atoms. The van der Waals surface area contributed by atoms with Crippen LogP contribution in [0.1, 0.15) is 25.0 Å². The van der Waals surface area contributed by atoms with Crippen molar-refractivity contribution in [1.82, 2.24) is 15.5 Å². The van der Waals surface area contributed by atoms with Crippen molar-refractivity contribution < 1.29 is 9.47 Å². The summed E-state index contributed by atoms with van der Waals surface area (Å²) < 4.78 is 11.4. The fraction of sp³-hybridized carbons (Fsp3) is 0.435. The van der Waals surface area contributed by atoms with Crippen molar-refractivity contribution >= 4 is 5.96 Å². The van der Waals surface area contributed by atoms with Gasteiger partial charge in [-0.05, 0) is 25.2 Å². The van der Waals surface area contributed by atoms with Crippen LogP contribution in [0, 0.1) is 0 Å². The molecule has 6 heteroatoms. The van der Waals surface area contributed by atoms with Crippen LogP contribution < -0.4 is 20.1 Å². The largest absolute Gasteiger partial charge is 0.496 e. The number of aliphatic imine (C=N–C) groups is 1. The maximum atomic E-state index is 6.04. The lowest BCUT2D eigenvalue weighted by molar-refractivity contribution is 0.221. The molecule has 0 aliphatic rings. The third-order valence-corrected chi connectivity index (χ3v) is 4.84. The van der Waals surface area contributed by atoms with Gasteiger partial charge in [0.25, 0.3) is 0 Å². The molecule has 2 rings (SSSR count). The van der Waals surface area contributed by atoms with Crippen molar-refractivity contribution in [2.45, 2.75) is 26.9 Å². The number of para-hydroxylation sites is 2. The summed E-state index contributed by atoms with van der Waals surface area (Å²) in [5.74, 6) is 2.50. The van der Waals surface area contributed by atoms with Crippen LogP contribution in [0.15, 0.2) is 53.5 Å². The first-order valence-corrected chi connectivity index (χ1v) is 10.2. The molecule has 0 aromatic heterocycles. The molecular formula is C23H34N4O2. The van der Waals surface area contributed by atoms with E-state index in [9.17, 15) is 0 Å². The molecule has 0 radical (unpaired) electrons. The Morgan fingerprint density at radius 3 is 2.00 bits per heavy atom. The molecule has 0 amide bonds. The van der Waals surface area contributed by atoms with Crippen LogP contribution in [0.3, 0.4) is 0 Å². The lowest BCUT2D eigenvalue weighted by Gasteiger charge is -2.19. The number of rotatable bonds is 11.